The van der Waals surface area contributed by atoms with Crippen LogP contribution in [0.5, 0.6) is 0 Å². The molecule has 1 unspecified atom stereocenters. The highest BCUT2D eigenvalue weighted by Gasteiger charge is 2.26. The number of carbonyl (C=O) groups is 2. The molecule has 0 spiro atoms. The Morgan fingerprint density at radius 3 is 2.79 bits per heavy atom. The van der Waals surface area contributed by atoms with Crippen molar-refractivity contribution in [3.63, 3.8) is 0 Å². The van der Waals surface area contributed by atoms with Crippen LogP contribution in [0.25, 0.3) is 0 Å². The summed E-state index contributed by atoms with van der Waals surface area (Å²) in [5.74, 6) is -1.29. The molecule has 1 heterocycles. The first kappa shape index (κ1) is 10.9. The maximum absolute atomic E-state index is 11.9. The topological polar surface area (TPSA) is 49.4 Å². The van der Waals surface area contributed by atoms with Gasteiger partial charge in [-0.15, -0.1) is 0 Å². The Hall–Kier alpha value is -1.20. The number of nitrogens with one attached hydrogen (secondary N) is 1. The SMILES string of the molecule is CN1CC(NC(=O)C(F)F)CCC1=O. The quantitative estimate of drug-likeness (QED) is 0.690. The fraction of sp³-hybridized carbons (Fsp3) is 0.750. The zero-order valence-electron chi connectivity index (χ0n) is 7.80. The summed E-state index contributed by atoms with van der Waals surface area (Å²) in [5.41, 5.74) is 0. The van der Waals surface area contributed by atoms with Crippen LogP contribution >= 0.6 is 0 Å². The van der Waals surface area contributed by atoms with Gasteiger partial charge in [-0.05, 0) is 6.42 Å². The Morgan fingerprint density at radius 2 is 2.29 bits per heavy atom. The van der Waals surface area contributed by atoms with Gasteiger partial charge in [0.15, 0.2) is 0 Å². The molecule has 1 aliphatic rings. The predicted octanol–water partition coefficient (Wildman–Crippen LogP) is -0.0115. The monoisotopic (exact) mass is 206 g/mol. The van der Waals surface area contributed by atoms with Gasteiger partial charge in [-0.3, -0.25) is 9.59 Å². The molecular weight excluding hydrogens is 194 g/mol. The van der Waals surface area contributed by atoms with Crippen molar-refractivity contribution in [2.75, 3.05) is 13.6 Å². The summed E-state index contributed by atoms with van der Waals surface area (Å²) < 4.78 is 23.7. The number of hydrogen-bond donors (Lipinski definition) is 1. The van der Waals surface area contributed by atoms with Gasteiger partial charge in [0.05, 0.1) is 0 Å². The Morgan fingerprint density at radius 1 is 1.64 bits per heavy atom. The van der Waals surface area contributed by atoms with Crippen molar-refractivity contribution in [1.29, 1.82) is 0 Å². The maximum atomic E-state index is 11.9. The molecule has 1 atom stereocenters. The molecule has 6 heteroatoms. The molecule has 1 aliphatic heterocycles. The molecule has 0 bridgehead atoms. The Balaban J connectivity index is 2.40. The molecule has 0 aromatic heterocycles. The smallest absolute Gasteiger partial charge is 0.315 e. The van der Waals surface area contributed by atoms with Gasteiger partial charge in [-0.1, -0.05) is 0 Å². The lowest BCUT2D eigenvalue weighted by Crippen LogP contribution is -2.49. The largest absolute Gasteiger partial charge is 0.347 e. The van der Waals surface area contributed by atoms with Crippen molar-refractivity contribution in [2.45, 2.75) is 25.3 Å². The van der Waals surface area contributed by atoms with Crippen molar-refractivity contribution in [3.05, 3.63) is 0 Å². The summed E-state index contributed by atoms with van der Waals surface area (Å²) in [7, 11) is 1.59. The average Bonchev–Trinajstić information content (AvgIpc) is 2.11. The van der Waals surface area contributed by atoms with Gasteiger partial charge < -0.3 is 10.2 Å². The number of halogens is 2. The predicted molar refractivity (Wildman–Crippen MR) is 44.8 cm³/mol. The minimum atomic E-state index is -2.99. The number of likely N-dealkylation sites (tertiary alicyclic amines) is 1. The van der Waals surface area contributed by atoms with Crippen molar-refractivity contribution in [1.82, 2.24) is 10.2 Å². The second kappa shape index (κ2) is 4.34. The van der Waals surface area contributed by atoms with Gasteiger partial charge in [0, 0.05) is 26.1 Å². The van der Waals surface area contributed by atoms with E-state index >= 15 is 0 Å². The summed E-state index contributed by atoms with van der Waals surface area (Å²) in [5, 5.41) is 2.19. The lowest BCUT2D eigenvalue weighted by Gasteiger charge is -2.29. The van der Waals surface area contributed by atoms with E-state index in [1.54, 1.807) is 7.05 Å². The van der Waals surface area contributed by atoms with Crippen LogP contribution in [0.1, 0.15) is 12.8 Å². The average molecular weight is 206 g/mol. The number of piperidine rings is 1. The summed E-state index contributed by atoms with van der Waals surface area (Å²) in [6.45, 7) is 0.303. The number of likely N-dealkylation sites (N-methyl/N-ethyl adjacent to an activating group) is 1. The first-order chi connectivity index (χ1) is 6.50. The van der Waals surface area contributed by atoms with Crippen molar-refractivity contribution >= 4 is 11.8 Å². The highest BCUT2D eigenvalue weighted by molar-refractivity contribution is 5.80. The Labute approximate surface area is 80.3 Å². The van der Waals surface area contributed by atoms with Crippen LogP contribution in [0, 0.1) is 0 Å². The first-order valence-electron chi connectivity index (χ1n) is 4.33. The third-order valence-corrected chi connectivity index (χ3v) is 2.17. The van der Waals surface area contributed by atoms with E-state index < -0.39 is 12.3 Å². The molecular formula is C8H12F2N2O2. The summed E-state index contributed by atoms with van der Waals surface area (Å²) in [6, 6.07) is -0.348. The molecule has 80 valence electrons. The van der Waals surface area contributed by atoms with Crippen LogP contribution in [-0.2, 0) is 9.59 Å². The molecule has 14 heavy (non-hydrogen) atoms. The van der Waals surface area contributed by atoms with Crippen LogP contribution in [0.15, 0.2) is 0 Å². The number of nitrogens with zero attached hydrogens (tertiary/aromatic N) is 1. The molecule has 1 fully saturated rings. The van der Waals surface area contributed by atoms with E-state index in [9.17, 15) is 18.4 Å². The fourth-order valence-corrected chi connectivity index (χ4v) is 1.39. The number of rotatable bonds is 2. The summed E-state index contributed by atoms with van der Waals surface area (Å²) >= 11 is 0. The van der Waals surface area contributed by atoms with E-state index in [4.69, 9.17) is 0 Å². The zero-order valence-corrected chi connectivity index (χ0v) is 7.80. The van der Waals surface area contributed by atoms with Crippen LogP contribution in [0.2, 0.25) is 0 Å². The first-order valence-corrected chi connectivity index (χ1v) is 4.33. The summed E-state index contributed by atoms with van der Waals surface area (Å²) in [4.78, 5) is 23.1. The molecule has 0 aromatic rings. The molecule has 1 saturated heterocycles. The minimum Gasteiger partial charge on any atom is -0.347 e. The molecule has 0 aliphatic carbocycles. The Bertz CT molecular complexity index is 245. The number of carbonyl (C=O) groups excluding carboxylic acids is 2. The summed E-state index contributed by atoms with van der Waals surface area (Å²) in [6.07, 6.45) is -2.26. The van der Waals surface area contributed by atoms with E-state index in [0.29, 0.717) is 19.4 Å². The standard InChI is InChI=1S/C8H12F2N2O2/c1-12-4-5(2-3-6(12)13)11-8(14)7(9)10/h5,7H,2-4H2,1H3,(H,11,14). The third-order valence-electron chi connectivity index (χ3n) is 2.17. The molecule has 0 aromatic carbocycles. The number of alkyl halides is 2. The molecule has 2 amide bonds. The normalized spacial score (nSPS) is 22.7. The molecule has 1 rings (SSSR count). The number of amides is 2. The van der Waals surface area contributed by atoms with E-state index in [2.05, 4.69) is 5.32 Å². The minimum absolute atomic E-state index is 0.0208. The lowest BCUT2D eigenvalue weighted by molar-refractivity contribution is -0.137. The van der Waals surface area contributed by atoms with E-state index in [0.717, 1.165) is 0 Å². The van der Waals surface area contributed by atoms with Gasteiger partial charge >= 0.3 is 6.43 Å². The van der Waals surface area contributed by atoms with Crippen LogP contribution in [-0.4, -0.2) is 42.8 Å². The van der Waals surface area contributed by atoms with E-state index in [1.165, 1.54) is 4.90 Å². The number of hydrogen-bond acceptors (Lipinski definition) is 2. The van der Waals surface area contributed by atoms with E-state index in [-0.39, 0.29) is 11.9 Å². The van der Waals surface area contributed by atoms with Crippen molar-refractivity contribution in [2.24, 2.45) is 0 Å². The molecule has 0 radical (unpaired) electrons. The van der Waals surface area contributed by atoms with Gasteiger partial charge in [0.2, 0.25) is 5.91 Å². The second-order valence-electron chi connectivity index (χ2n) is 3.32. The highest BCUT2D eigenvalue weighted by atomic mass is 19.3. The van der Waals surface area contributed by atoms with Gasteiger partial charge in [-0.25, -0.2) is 0 Å². The van der Waals surface area contributed by atoms with Gasteiger partial charge in [0.1, 0.15) is 0 Å². The highest BCUT2D eigenvalue weighted by Crippen LogP contribution is 2.09. The van der Waals surface area contributed by atoms with Crippen LogP contribution in [0.4, 0.5) is 8.78 Å². The second-order valence-corrected chi connectivity index (χ2v) is 3.32. The Kier molecular flexibility index (Phi) is 3.38. The molecule has 4 nitrogen and oxygen atoms in total. The van der Waals surface area contributed by atoms with Gasteiger partial charge in [-0.2, -0.15) is 8.78 Å². The lowest BCUT2D eigenvalue weighted by atomic mass is 10.1. The fourth-order valence-electron chi connectivity index (χ4n) is 1.39. The van der Waals surface area contributed by atoms with Gasteiger partial charge in [0.25, 0.3) is 5.91 Å². The van der Waals surface area contributed by atoms with Crippen molar-refractivity contribution in [3.8, 4) is 0 Å². The zero-order chi connectivity index (χ0) is 10.7. The maximum Gasteiger partial charge on any atom is 0.315 e. The third kappa shape index (κ3) is 2.65. The molecule has 1 N–H and O–H groups in total. The van der Waals surface area contributed by atoms with E-state index in [1.807, 2.05) is 0 Å². The molecule has 0 saturated carbocycles. The van der Waals surface area contributed by atoms with Crippen molar-refractivity contribution < 1.29 is 18.4 Å². The van der Waals surface area contributed by atoms with Crippen LogP contribution in [0.3, 0.4) is 0 Å². The van der Waals surface area contributed by atoms with Crippen LogP contribution < -0.4 is 5.32 Å².